The molecule has 2 saturated heterocycles. The predicted molar refractivity (Wildman–Crippen MR) is 136 cm³/mol. The van der Waals surface area contributed by atoms with Gasteiger partial charge in [-0.3, -0.25) is 0 Å². The molecule has 1 N–H and O–H groups in total. The molecule has 5 aliphatic rings. The molecule has 3 aromatic rings. The summed E-state index contributed by atoms with van der Waals surface area (Å²) in [5.74, 6) is 2.11. The number of rotatable bonds is 7. The van der Waals surface area contributed by atoms with Gasteiger partial charge < -0.3 is 19.3 Å². The van der Waals surface area contributed by atoms with E-state index in [9.17, 15) is 14.3 Å². The van der Waals surface area contributed by atoms with Crippen molar-refractivity contribution in [2.24, 2.45) is 11.8 Å². The van der Waals surface area contributed by atoms with Crippen molar-refractivity contribution in [3.05, 3.63) is 40.5 Å². The van der Waals surface area contributed by atoms with Crippen molar-refractivity contribution in [1.82, 2.24) is 10.1 Å². The number of hydrogen-bond acceptors (Lipinski definition) is 7. The number of piperidine rings is 1. The van der Waals surface area contributed by atoms with Crippen molar-refractivity contribution in [3.63, 3.8) is 0 Å². The molecule has 9 heteroatoms. The normalized spacial score (nSPS) is 32.3. The van der Waals surface area contributed by atoms with Gasteiger partial charge in [-0.25, -0.2) is 14.2 Å². The third kappa shape index (κ3) is 3.64. The van der Waals surface area contributed by atoms with Crippen LogP contribution >= 0.6 is 11.3 Å². The number of ether oxygens (including phenoxy) is 1. The first kappa shape index (κ1) is 22.5. The average Bonchev–Trinajstić information content (AvgIpc) is 3.58. The lowest BCUT2D eigenvalue weighted by Crippen LogP contribution is -2.45. The lowest BCUT2D eigenvalue weighted by Gasteiger charge is -2.38. The molecule has 194 valence electrons. The van der Waals surface area contributed by atoms with E-state index in [1.807, 2.05) is 0 Å². The van der Waals surface area contributed by atoms with E-state index in [2.05, 4.69) is 15.0 Å². The predicted octanol–water partition coefficient (Wildman–Crippen LogP) is 6.23. The van der Waals surface area contributed by atoms with E-state index in [0.29, 0.717) is 35.2 Å². The van der Waals surface area contributed by atoms with Crippen molar-refractivity contribution < 1.29 is 23.6 Å². The van der Waals surface area contributed by atoms with E-state index >= 15 is 0 Å². The Bertz CT molecular complexity index is 1380. The van der Waals surface area contributed by atoms with Crippen LogP contribution in [0, 0.1) is 17.7 Å². The summed E-state index contributed by atoms with van der Waals surface area (Å²) in [7, 11) is 0. The maximum absolute atomic E-state index is 14.6. The molecule has 4 unspecified atom stereocenters. The molecule has 0 radical (unpaired) electrons. The van der Waals surface area contributed by atoms with Gasteiger partial charge in [0.25, 0.3) is 0 Å². The van der Waals surface area contributed by atoms with Gasteiger partial charge in [-0.15, -0.1) is 0 Å². The van der Waals surface area contributed by atoms with E-state index in [4.69, 9.17) is 9.26 Å². The van der Waals surface area contributed by atoms with Crippen molar-refractivity contribution in [3.8, 4) is 0 Å². The van der Waals surface area contributed by atoms with E-state index in [1.165, 1.54) is 60.8 Å². The van der Waals surface area contributed by atoms with Crippen LogP contribution in [0.25, 0.3) is 10.2 Å². The molecular weight excluding hydrogens is 493 g/mol. The van der Waals surface area contributed by atoms with E-state index in [1.54, 1.807) is 0 Å². The minimum Gasteiger partial charge on any atom is -0.478 e. The maximum atomic E-state index is 14.6. The summed E-state index contributed by atoms with van der Waals surface area (Å²) < 4.78 is 27.7. The Balaban J connectivity index is 0.994. The second kappa shape index (κ2) is 8.24. The number of aromatic carboxylic acids is 1. The highest BCUT2D eigenvalue weighted by molar-refractivity contribution is 7.22. The third-order valence-corrected chi connectivity index (χ3v) is 10.6. The van der Waals surface area contributed by atoms with Crippen molar-refractivity contribution in [2.75, 3.05) is 4.90 Å². The molecule has 0 spiro atoms. The fourth-order valence-corrected chi connectivity index (χ4v) is 8.79. The van der Waals surface area contributed by atoms with Crippen LogP contribution in [-0.2, 0) is 11.3 Å². The lowest BCUT2D eigenvalue weighted by molar-refractivity contribution is 0.0142. The molecular formula is C28H30FN3O4S. The number of benzene rings is 1. The standard InChI is InChI=1S/C28H30FN3O4S/c29-21-8-14(27(33)34)9-22-25(21)30-28(37-22)32-15-6-7-16(32)11-17(10-15)35-12-20-24(23-18-2-1-3-19(18)23)31-36-26(20)13-4-5-13/h8-9,13,15-19,23H,1-7,10-12H2,(H,33,34). The Hall–Kier alpha value is -2.52. The molecule has 4 atom stereocenters. The van der Waals surface area contributed by atoms with Gasteiger partial charge in [-0.1, -0.05) is 22.9 Å². The van der Waals surface area contributed by atoms with Crippen LogP contribution in [0.3, 0.4) is 0 Å². The molecule has 8 rings (SSSR count). The van der Waals surface area contributed by atoms with Crippen LogP contribution in [-0.4, -0.2) is 39.4 Å². The molecule has 3 aliphatic carbocycles. The number of halogens is 1. The number of thiazole rings is 1. The molecule has 0 amide bonds. The van der Waals surface area contributed by atoms with Gasteiger partial charge >= 0.3 is 5.97 Å². The summed E-state index contributed by atoms with van der Waals surface area (Å²) in [5.41, 5.74) is 2.66. The van der Waals surface area contributed by atoms with Crippen LogP contribution in [0.4, 0.5) is 9.52 Å². The summed E-state index contributed by atoms with van der Waals surface area (Å²) in [6, 6.07) is 3.20. The van der Waals surface area contributed by atoms with Gasteiger partial charge in [0.1, 0.15) is 11.3 Å². The first-order valence-electron chi connectivity index (χ1n) is 13.8. The topological polar surface area (TPSA) is 88.7 Å². The fourth-order valence-electron chi connectivity index (χ4n) is 7.62. The van der Waals surface area contributed by atoms with E-state index < -0.39 is 11.8 Å². The number of nitrogens with zero attached hydrogens (tertiary/aromatic N) is 3. The monoisotopic (exact) mass is 523 g/mol. The van der Waals surface area contributed by atoms with Crippen molar-refractivity contribution in [1.29, 1.82) is 0 Å². The molecule has 1 aromatic carbocycles. The molecule has 7 nitrogen and oxygen atoms in total. The summed E-state index contributed by atoms with van der Waals surface area (Å²) in [6.07, 6.45) is 10.6. The number of anilines is 1. The lowest BCUT2D eigenvalue weighted by atomic mass is 9.99. The Morgan fingerprint density at radius 2 is 1.89 bits per heavy atom. The Morgan fingerprint density at radius 1 is 1.14 bits per heavy atom. The number of carboxylic acids is 1. The SMILES string of the molecule is O=C(O)c1cc(F)c2nc(N3C4CCC3CC(OCc3c(C5C6CCCC65)noc3C3CC3)C4)sc2c1. The molecule has 2 bridgehead atoms. The second-order valence-corrected chi connectivity index (χ2v) is 12.8. The summed E-state index contributed by atoms with van der Waals surface area (Å²) in [4.78, 5) is 18.3. The summed E-state index contributed by atoms with van der Waals surface area (Å²) in [5, 5.41) is 14.7. The maximum Gasteiger partial charge on any atom is 0.335 e. The Labute approximate surface area is 218 Å². The van der Waals surface area contributed by atoms with E-state index in [0.717, 1.165) is 54.5 Å². The highest BCUT2D eigenvalue weighted by Gasteiger charge is 2.56. The van der Waals surface area contributed by atoms with Gasteiger partial charge in [0.2, 0.25) is 0 Å². The zero-order valence-electron chi connectivity index (χ0n) is 20.6. The number of carbonyl (C=O) groups is 1. The minimum absolute atomic E-state index is 0.0382. The smallest absolute Gasteiger partial charge is 0.335 e. The fraction of sp³-hybridized carbons (Fsp3) is 0.607. The van der Waals surface area contributed by atoms with Crippen LogP contribution in [0.2, 0.25) is 0 Å². The molecule has 2 aromatic heterocycles. The molecule has 37 heavy (non-hydrogen) atoms. The number of aromatic nitrogens is 2. The average molecular weight is 524 g/mol. The highest BCUT2D eigenvalue weighted by atomic mass is 32.1. The minimum atomic E-state index is -1.13. The van der Waals surface area contributed by atoms with Gasteiger partial charge in [0.15, 0.2) is 10.9 Å². The van der Waals surface area contributed by atoms with Crippen LogP contribution in [0.5, 0.6) is 0 Å². The third-order valence-electron chi connectivity index (χ3n) is 9.58. The molecule has 4 heterocycles. The Kier molecular flexibility index (Phi) is 5.00. The number of fused-ring (bicyclic) bond motifs is 4. The van der Waals surface area contributed by atoms with Crippen molar-refractivity contribution in [2.45, 2.75) is 94.4 Å². The number of hydrogen-bond donors (Lipinski definition) is 1. The Morgan fingerprint density at radius 3 is 2.59 bits per heavy atom. The zero-order chi connectivity index (χ0) is 24.8. The molecule has 2 aliphatic heterocycles. The van der Waals surface area contributed by atoms with Gasteiger partial charge in [0.05, 0.1) is 28.7 Å². The molecule has 5 fully saturated rings. The quantitative estimate of drug-likeness (QED) is 0.393. The highest BCUT2D eigenvalue weighted by Crippen LogP contribution is 2.64. The van der Waals surface area contributed by atoms with Crippen LogP contribution < -0.4 is 4.90 Å². The first-order chi connectivity index (χ1) is 18.0. The molecule has 3 saturated carbocycles. The number of carboxylic acid groups (broad SMARTS) is 1. The van der Waals surface area contributed by atoms with E-state index in [-0.39, 0.29) is 17.2 Å². The first-order valence-corrected chi connectivity index (χ1v) is 14.6. The van der Waals surface area contributed by atoms with Gasteiger partial charge in [-0.2, -0.15) is 0 Å². The van der Waals surface area contributed by atoms with Crippen LogP contribution in [0.1, 0.15) is 97.0 Å². The second-order valence-electron chi connectivity index (χ2n) is 11.8. The van der Waals surface area contributed by atoms with Gasteiger partial charge in [-0.05, 0) is 75.3 Å². The summed E-state index contributed by atoms with van der Waals surface area (Å²) >= 11 is 1.39. The van der Waals surface area contributed by atoms with Crippen molar-refractivity contribution >= 4 is 32.7 Å². The van der Waals surface area contributed by atoms with Crippen LogP contribution in [0.15, 0.2) is 16.7 Å². The summed E-state index contributed by atoms with van der Waals surface area (Å²) in [6.45, 7) is 0.592. The zero-order valence-corrected chi connectivity index (χ0v) is 21.4. The van der Waals surface area contributed by atoms with Gasteiger partial charge in [0, 0.05) is 29.5 Å². The largest absolute Gasteiger partial charge is 0.478 e.